The van der Waals surface area contributed by atoms with Gasteiger partial charge < -0.3 is 5.73 Å². The molecule has 26 heavy (non-hydrogen) atoms. The normalized spacial score (nSPS) is 13.9. The first-order valence-electron chi connectivity index (χ1n) is 7.77. The van der Waals surface area contributed by atoms with Crippen LogP contribution in [-0.2, 0) is 13.0 Å². The highest BCUT2D eigenvalue weighted by Crippen LogP contribution is 2.19. The standard InChI is InChI=1S/C14H11IN2OS.C2HIS.C2H7N/c1-9-6-13-16-12-7-10(4-5-19-15)2-3-11(12)14(18)17(13)8-9;1-2-4-3;1-2-3/h2-3,7,9H,6,8H2,1H3;1H;2-3H2,1H3. The second-order valence-electron chi connectivity index (χ2n) is 5.39. The number of benzene rings is 1. The van der Waals surface area contributed by atoms with E-state index in [1.807, 2.05) is 46.3 Å². The Morgan fingerprint density at radius 3 is 2.65 bits per heavy atom. The lowest BCUT2D eigenvalue weighted by atomic mass is 10.1. The summed E-state index contributed by atoms with van der Waals surface area (Å²) in [6.07, 6.45) is 5.61. The Morgan fingerprint density at radius 1 is 1.42 bits per heavy atom. The van der Waals surface area contributed by atoms with Gasteiger partial charge in [0.25, 0.3) is 5.56 Å². The van der Waals surface area contributed by atoms with Gasteiger partial charge in [-0.25, -0.2) is 4.98 Å². The molecule has 8 heteroatoms. The highest BCUT2D eigenvalue weighted by atomic mass is 127. The van der Waals surface area contributed by atoms with Crippen molar-refractivity contribution < 1.29 is 0 Å². The van der Waals surface area contributed by atoms with Crippen LogP contribution in [0.25, 0.3) is 10.9 Å². The summed E-state index contributed by atoms with van der Waals surface area (Å²) in [5.74, 6) is 4.43. The summed E-state index contributed by atoms with van der Waals surface area (Å²) in [6.45, 7) is 5.58. The number of nitrogens with two attached hydrogens (primary N) is 1. The highest BCUT2D eigenvalue weighted by Gasteiger charge is 2.21. The van der Waals surface area contributed by atoms with Crippen molar-refractivity contribution in [1.82, 2.24) is 9.55 Å². The smallest absolute Gasteiger partial charge is 0.261 e. The molecule has 0 radical (unpaired) electrons. The number of hydrogen-bond acceptors (Lipinski definition) is 5. The molecule has 1 unspecified atom stereocenters. The summed E-state index contributed by atoms with van der Waals surface area (Å²) in [4.78, 5) is 17.0. The lowest BCUT2D eigenvalue weighted by Gasteiger charge is -2.04. The SMILES string of the molecule is C#CSI.CC1Cc2nc3cc(C#CSI)ccc3c(=O)n2C1.CCN. The highest BCUT2D eigenvalue weighted by molar-refractivity contribution is 14.2. The maximum absolute atomic E-state index is 12.4. The van der Waals surface area contributed by atoms with E-state index in [0.29, 0.717) is 11.3 Å². The molecule has 1 atom stereocenters. The van der Waals surface area contributed by atoms with Gasteiger partial charge in [0.1, 0.15) is 5.82 Å². The third-order valence-electron chi connectivity index (χ3n) is 3.34. The lowest BCUT2D eigenvalue weighted by Crippen LogP contribution is -2.21. The molecule has 0 aliphatic carbocycles. The van der Waals surface area contributed by atoms with Gasteiger partial charge in [0.2, 0.25) is 0 Å². The van der Waals surface area contributed by atoms with Gasteiger partial charge in [-0.2, -0.15) is 0 Å². The summed E-state index contributed by atoms with van der Waals surface area (Å²) >= 11 is 4.17. The summed E-state index contributed by atoms with van der Waals surface area (Å²) < 4.78 is 1.80. The Labute approximate surface area is 187 Å². The van der Waals surface area contributed by atoms with E-state index < -0.39 is 0 Å². The fraction of sp³-hybridized carbons (Fsp3) is 0.333. The minimum atomic E-state index is 0.0760. The predicted molar refractivity (Wildman–Crippen MR) is 133 cm³/mol. The number of fused-ring (bicyclic) bond motifs is 2. The van der Waals surface area contributed by atoms with Gasteiger partial charge >= 0.3 is 0 Å². The molecule has 1 aliphatic heterocycles. The van der Waals surface area contributed by atoms with Gasteiger partial charge in [-0.05, 0) is 59.0 Å². The number of aromatic nitrogens is 2. The fourth-order valence-corrected chi connectivity index (χ4v) is 2.94. The maximum atomic E-state index is 12.4. The van der Waals surface area contributed by atoms with Crippen LogP contribution in [0.5, 0.6) is 0 Å². The molecular formula is C18H19I2N3OS2. The van der Waals surface area contributed by atoms with Crippen LogP contribution < -0.4 is 11.3 Å². The van der Waals surface area contributed by atoms with E-state index in [9.17, 15) is 4.79 Å². The van der Waals surface area contributed by atoms with Crippen molar-refractivity contribution in [3.63, 3.8) is 0 Å². The van der Waals surface area contributed by atoms with Gasteiger partial charge in [-0.1, -0.05) is 19.8 Å². The Kier molecular flexibility index (Phi) is 11.7. The first-order chi connectivity index (χ1) is 12.5. The van der Waals surface area contributed by atoms with Crippen molar-refractivity contribution >= 4 is 71.2 Å². The minimum Gasteiger partial charge on any atom is -0.331 e. The monoisotopic (exact) mass is 611 g/mol. The fourth-order valence-electron chi connectivity index (χ4n) is 2.45. The van der Waals surface area contributed by atoms with Gasteiger partial charge in [0.05, 0.1) is 10.9 Å². The Bertz CT molecular complexity index is 897. The van der Waals surface area contributed by atoms with Crippen LogP contribution in [0, 0.1) is 28.8 Å². The molecule has 3 rings (SSSR count). The van der Waals surface area contributed by atoms with E-state index in [4.69, 9.17) is 12.2 Å². The Balaban J connectivity index is 0.000000419. The molecule has 2 heterocycles. The largest absolute Gasteiger partial charge is 0.331 e. The molecular weight excluding hydrogens is 592 g/mol. The molecule has 0 amide bonds. The van der Waals surface area contributed by atoms with Crippen molar-refractivity contribution in [3.05, 3.63) is 39.9 Å². The van der Waals surface area contributed by atoms with Crippen LogP contribution in [0.4, 0.5) is 0 Å². The number of nitrogens with zero attached hydrogens (tertiary/aromatic N) is 2. The zero-order valence-electron chi connectivity index (χ0n) is 14.5. The lowest BCUT2D eigenvalue weighted by molar-refractivity contribution is 0.558. The number of rotatable bonds is 0. The third-order valence-corrected chi connectivity index (χ3v) is 5.03. The maximum Gasteiger partial charge on any atom is 0.261 e. The average molecular weight is 611 g/mol. The quantitative estimate of drug-likeness (QED) is 0.349. The second kappa shape index (κ2) is 12.9. The zero-order valence-corrected chi connectivity index (χ0v) is 20.4. The molecule has 1 aliphatic rings. The Hall–Kier alpha value is -0.400. The van der Waals surface area contributed by atoms with Gasteiger partial charge in [0, 0.05) is 60.9 Å². The van der Waals surface area contributed by atoms with Crippen molar-refractivity contribution in [1.29, 1.82) is 0 Å². The molecule has 138 valence electrons. The van der Waals surface area contributed by atoms with E-state index >= 15 is 0 Å². The number of terminal acetylenes is 1. The van der Waals surface area contributed by atoms with Gasteiger partial charge in [-0.15, -0.1) is 6.42 Å². The molecule has 1 aromatic heterocycles. The Morgan fingerprint density at radius 2 is 2.08 bits per heavy atom. The van der Waals surface area contributed by atoms with Crippen LogP contribution in [0.1, 0.15) is 25.2 Å². The van der Waals surface area contributed by atoms with Crippen molar-refractivity contribution in [3.8, 4) is 22.8 Å². The summed E-state index contributed by atoms with van der Waals surface area (Å²) in [6, 6.07) is 5.62. The number of halogens is 2. The summed E-state index contributed by atoms with van der Waals surface area (Å²) in [7, 11) is 2.80. The van der Waals surface area contributed by atoms with E-state index in [0.717, 1.165) is 36.4 Å². The molecule has 0 saturated heterocycles. The minimum absolute atomic E-state index is 0.0760. The molecule has 0 bridgehead atoms. The zero-order chi connectivity index (χ0) is 19.5. The van der Waals surface area contributed by atoms with Crippen molar-refractivity contribution in [2.24, 2.45) is 11.7 Å². The van der Waals surface area contributed by atoms with E-state index in [-0.39, 0.29) is 5.56 Å². The van der Waals surface area contributed by atoms with E-state index in [1.165, 1.54) is 17.9 Å². The number of hydrogen-bond donors (Lipinski definition) is 1. The van der Waals surface area contributed by atoms with Crippen LogP contribution in [0.3, 0.4) is 0 Å². The van der Waals surface area contributed by atoms with Crippen LogP contribution in [0.15, 0.2) is 23.0 Å². The van der Waals surface area contributed by atoms with E-state index in [1.54, 1.807) is 4.57 Å². The summed E-state index contributed by atoms with van der Waals surface area (Å²) in [5, 5.41) is 5.97. The molecule has 0 fully saturated rings. The third kappa shape index (κ3) is 6.97. The van der Waals surface area contributed by atoms with Gasteiger partial charge in [-0.3, -0.25) is 9.36 Å². The molecule has 0 saturated carbocycles. The van der Waals surface area contributed by atoms with Crippen molar-refractivity contribution in [2.45, 2.75) is 26.8 Å². The predicted octanol–water partition coefficient (Wildman–Crippen LogP) is 4.61. The molecule has 2 N–H and O–H groups in total. The van der Waals surface area contributed by atoms with Crippen LogP contribution in [0.2, 0.25) is 0 Å². The molecule has 2 aromatic rings. The van der Waals surface area contributed by atoms with Crippen LogP contribution in [-0.4, -0.2) is 16.1 Å². The first kappa shape index (κ1) is 23.6. The van der Waals surface area contributed by atoms with E-state index in [2.05, 4.69) is 49.5 Å². The topological polar surface area (TPSA) is 60.9 Å². The first-order valence-corrected chi connectivity index (χ1v) is 14.5. The second-order valence-corrected chi connectivity index (χ2v) is 8.78. The average Bonchev–Trinajstić information content (AvgIpc) is 3.01. The molecule has 1 aromatic carbocycles. The molecule has 0 spiro atoms. The molecule has 4 nitrogen and oxygen atoms in total. The van der Waals surface area contributed by atoms with Crippen molar-refractivity contribution in [2.75, 3.05) is 6.54 Å². The summed E-state index contributed by atoms with van der Waals surface area (Å²) in [5.41, 5.74) is 6.59. The van der Waals surface area contributed by atoms with Gasteiger partial charge in [0.15, 0.2) is 0 Å². The van der Waals surface area contributed by atoms with Crippen LogP contribution >= 0.6 is 60.3 Å².